The lowest BCUT2D eigenvalue weighted by Crippen LogP contribution is -2.45. The van der Waals surface area contributed by atoms with Gasteiger partial charge in [-0.1, -0.05) is 138 Å². The van der Waals surface area contributed by atoms with Crippen LogP contribution in [0.4, 0.5) is 5.69 Å². The Bertz CT molecular complexity index is 792. The van der Waals surface area contributed by atoms with E-state index in [2.05, 4.69) is 126 Å². The van der Waals surface area contributed by atoms with Gasteiger partial charge < -0.3 is 19.9 Å². The van der Waals surface area contributed by atoms with Gasteiger partial charge in [0.1, 0.15) is 6.29 Å². The number of nitrogens with one attached hydrogen (secondary N) is 1. The zero-order chi connectivity index (χ0) is 35.6. The van der Waals surface area contributed by atoms with E-state index in [0.717, 1.165) is 36.0 Å². The minimum Gasteiger partial charge on any atom is -0.371 e. The standard InChI is InChI=1S/C18H30N2.C10H18.C6H14.C4H7N.C2H4O.C2H6/c1-3-5-14-19(13-4-2)18-11-15-20(16-12-18)17-9-7-6-8-10-17;1-4-10-7-8(2)5-6-9(10)3;1-4-5-6(2)3;1-3-5-4-2;1-2-3;1-2/h6-10,18H,3-5,11-16H2,1-2H3;5-6,8-10H,4,7H2,1-3H3;6H,4-5H2,1-3H3;3-5H,1-2H2;2H,1H3;1-2H3. The first-order valence-electron chi connectivity index (χ1n) is 18.8. The molecule has 268 valence electrons. The van der Waals surface area contributed by atoms with Crippen molar-refractivity contribution in [2.75, 3.05) is 31.1 Å². The summed E-state index contributed by atoms with van der Waals surface area (Å²) in [4.78, 5) is 14.1. The van der Waals surface area contributed by atoms with E-state index in [1.807, 2.05) is 13.8 Å². The molecule has 0 amide bonds. The van der Waals surface area contributed by atoms with Gasteiger partial charge in [0.05, 0.1) is 0 Å². The summed E-state index contributed by atoms with van der Waals surface area (Å²) in [6.07, 6.45) is 20.6. The van der Waals surface area contributed by atoms with Crippen molar-refractivity contribution < 1.29 is 4.79 Å². The van der Waals surface area contributed by atoms with E-state index in [-0.39, 0.29) is 0 Å². The van der Waals surface area contributed by atoms with Crippen LogP contribution in [0, 0.1) is 23.7 Å². The summed E-state index contributed by atoms with van der Waals surface area (Å²) in [5.74, 6) is 3.48. The number of piperidine rings is 1. The maximum atomic E-state index is 8.81. The molecular formula is C42H79N3O. The molecule has 1 N–H and O–H groups in total. The molecule has 4 heteroatoms. The number of hydrogen-bond acceptors (Lipinski definition) is 4. The van der Waals surface area contributed by atoms with Crippen LogP contribution in [0.15, 0.2) is 68.0 Å². The van der Waals surface area contributed by atoms with Crippen LogP contribution in [0.1, 0.15) is 134 Å². The first kappa shape index (κ1) is 48.1. The van der Waals surface area contributed by atoms with Crippen molar-refractivity contribution in [1.29, 1.82) is 0 Å². The molecule has 1 aliphatic heterocycles. The second kappa shape index (κ2) is 35.5. The summed E-state index contributed by atoms with van der Waals surface area (Å²) in [7, 11) is 0. The molecule has 0 radical (unpaired) electrons. The van der Waals surface area contributed by atoms with Crippen molar-refractivity contribution >= 4 is 12.0 Å². The highest BCUT2D eigenvalue weighted by molar-refractivity contribution is 5.46. The molecule has 3 rings (SSSR count). The Morgan fingerprint density at radius 1 is 0.913 bits per heavy atom. The number of unbranched alkanes of at least 4 members (excludes halogenated alkanes) is 1. The Morgan fingerprint density at radius 3 is 1.85 bits per heavy atom. The van der Waals surface area contributed by atoms with Crippen LogP contribution in [-0.2, 0) is 4.79 Å². The van der Waals surface area contributed by atoms with E-state index in [1.54, 1.807) is 12.4 Å². The zero-order valence-corrected chi connectivity index (χ0v) is 32.6. The molecule has 1 aliphatic carbocycles. The van der Waals surface area contributed by atoms with Gasteiger partial charge in [-0.3, -0.25) is 0 Å². The van der Waals surface area contributed by atoms with Crippen molar-refractivity contribution in [3.05, 3.63) is 68.0 Å². The zero-order valence-electron chi connectivity index (χ0n) is 32.6. The van der Waals surface area contributed by atoms with E-state index >= 15 is 0 Å². The van der Waals surface area contributed by atoms with Crippen LogP contribution in [-0.4, -0.2) is 43.4 Å². The number of carbonyl (C=O) groups excluding carboxylic acids is 1. The molecule has 1 heterocycles. The molecule has 1 aromatic rings. The van der Waals surface area contributed by atoms with E-state index in [9.17, 15) is 0 Å². The summed E-state index contributed by atoms with van der Waals surface area (Å²) in [6.45, 7) is 35.4. The summed E-state index contributed by atoms with van der Waals surface area (Å²) in [5.41, 5.74) is 1.39. The molecule has 1 saturated heterocycles. The summed E-state index contributed by atoms with van der Waals surface area (Å²) in [5, 5.41) is 2.64. The topological polar surface area (TPSA) is 35.6 Å². The number of aldehydes is 1. The average Bonchev–Trinajstić information content (AvgIpc) is 3.07. The molecule has 46 heavy (non-hydrogen) atoms. The van der Waals surface area contributed by atoms with Gasteiger partial charge in [0.2, 0.25) is 0 Å². The van der Waals surface area contributed by atoms with Crippen LogP contribution in [0.2, 0.25) is 0 Å². The molecule has 1 fully saturated rings. The molecule has 0 aromatic heterocycles. The van der Waals surface area contributed by atoms with Gasteiger partial charge in [0, 0.05) is 24.8 Å². The van der Waals surface area contributed by atoms with Gasteiger partial charge in [0.15, 0.2) is 0 Å². The van der Waals surface area contributed by atoms with Crippen LogP contribution in [0.3, 0.4) is 0 Å². The Hall–Kier alpha value is -2.33. The van der Waals surface area contributed by atoms with E-state index < -0.39 is 0 Å². The molecular weight excluding hydrogens is 562 g/mol. The SMILES string of the molecule is C=CNC=C.CC.CC=O.CCC1CC(C)C=CC1C.CCCC(C)C.CCCCN(CCC)C1CCN(c2ccccc2)CC1. The van der Waals surface area contributed by atoms with Crippen molar-refractivity contribution in [3.8, 4) is 0 Å². The van der Waals surface area contributed by atoms with E-state index in [4.69, 9.17) is 4.79 Å². The molecule has 1 aromatic carbocycles. The Labute approximate surface area is 289 Å². The normalized spacial score (nSPS) is 18.4. The first-order valence-corrected chi connectivity index (χ1v) is 18.8. The van der Waals surface area contributed by atoms with E-state index in [1.165, 1.54) is 96.6 Å². The fraction of sp³-hybridized carbons (Fsp3) is 0.690. The second-order valence-corrected chi connectivity index (χ2v) is 12.6. The van der Waals surface area contributed by atoms with Crippen molar-refractivity contribution in [2.24, 2.45) is 23.7 Å². The molecule has 2 aliphatic rings. The highest BCUT2D eigenvalue weighted by Crippen LogP contribution is 2.30. The third-order valence-corrected chi connectivity index (χ3v) is 8.20. The maximum Gasteiger partial charge on any atom is 0.116 e. The monoisotopic (exact) mass is 642 g/mol. The van der Waals surface area contributed by atoms with Gasteiger partial charge in [-0.2, -0.15) is 0 Å². The molecule has 3 atom stereocenters. The number of rotatable bonds is 12. The lowest BCUT2D eigenvalue weighted by Gasteiger charge is -2.39. The third-order valence-electron chi connectivity index (χ3n) is 8.20. The van der Waals surface area contributed by atoms with Crippen LogP contribution >= 0.6 is 0 Å². The first-order chi connectivity index (χ1) is 22.2. The summed E-state index contributed by atoms with van der Waals surface area (Å²) in [6, 6.07) is 11.7. The Morgan fingerprint density at radius 2 is 1.48 bits per heavy atom. The minimum absolute atomic E-state index is 0.750. The smallest absolute Gasteiger partial charge is 0.116 e. The van der Waals surface area contributed by atoms with Gasteiger partial charge in [0.25, 0.3) is 0 Å². The molecule has 4 nitrogen and oxygen atoms in total. The number of nitrogens with zero attached hydrogens (tertiary/aromatic N) is 2. The van der Waals surface area contributed by atoms with Gasteiger partial charge in [-0.25, -0.2) is 0 Å². The predicted molar refractivity (Wildman–Crippen MR) is 211 cm³/mol. The number of para-hydroxylation sites is 1. The highest BCUT2D eigenvalue weighted by atomic mass is 16.1. The van der Waals surface area contributed by atoms with Crippen LogP contribution < -0.4 is 10.2 Å². The molecule has 0 saturated carbocycles. The number of hydrogen-bond donors (Lipinski definition) is 1. The Kier molecular flexibility index (Phi) is 37.1. The fourth-order valence-corrected chi connectivity index (χ4v) is 5.75. The van der Waals surface area contributed by atoms with Crippen molar-refractivity contribution in [2.45, 2.75) is 140 Å². The summed E-state index contributed by atoms with van der Waals surface area (Å²) < 4.78 is 0. The van der Waals surface area contributed by atoms with Gasteiger partial charge in [-0.15, -0.1) is 0 Å². The second-order valence-electron chi connectivity index (χ2n) is 12.6. The molecule has 0 bridgehead atoms. The number of benzene rings is 1. The van der Waals surface area contributed by atoms with Crippen molar-refractivity contribution in [1.82, 2.24) is 10.2 Å². The number of carbonyl (C=O) groups is 1. The predicted octanol–water partition coefficient (Wildman–Crippen LogP) is 11.9. The summed E-state index contributed by atoms with van der Waals surface area (Å²) >= 11 is 0. The van der Waals surface area contributed by atoms with Gasteiger partial charge in [-0.05, 0) is 100 Å². The largest absolute Gasteiger partial charge is 0.371 e. The molecule has 0 spiro atoms. The van der Waals surface area contributed by atoms with Gasteiger partial charge >= 0.3 is 0 Å². The van der Waals surface area contributed by atoms with Crippen LogP contribution in [0.5, 0.6) is 0 Å². The minimum atomic E-state index is 0.750. The maximum absolute atomic E-state index is 8.81. The average molecular weight is 642 g/mol. The van der Waals surface area contributed by atoms with Crippen molar-refractivity contribution in [3.63, 3.8) is 0 Å². The lowest BCUT2D eigenvalue weighted by atomic mass is 9.79. The van der Waals surface area contributed by atoms with Crippen LogP contribution in [0.25, 0.3) is 0 Å². The highest BCUT2D eigenvalue weighted by Gasteiger charge is 2.24. The number of allylic oxidation sites excluding steroid dienone is 2. The fourth-order valence-electron chi connectivity index (χ4n) is 5.75. The lowest BCUT2D eigenvalue weighted by molar-refractivity contribution is -0.106. The Balaban J connectivity index is -0.000000592. The number of anilines is 1. The quantitative estimate of drug-likeness (QED) is 0.182. The third kappa shape index (κ3) is 26.8. The molecule has 3 unspecified atom stereocenters. The van der Waals surface area contributed by atoms with E-state index in [0.29, 0.717) is 0 Å².